The fourth-order valence-corrected chi connectivity index (χ4v) is 2.32. The standard InChI is InChI=1S/C17H18N2O/c1-12-5-8-16(13(2)9-12)19(3)17-10-15(20-4)7-6-14(17)11-18/h5-10H,1-4H3. The Bertz CT molecular complexity index is 671. The molecule has 2 aromatic rings. The molecule has 0 N–H and O–H groups in total. The van der Waals surface area contributed by atoms with Crippen molar-refractivity contribution < 1.29 is 4.74 Å². The first-order valence-electron chi connectivity index (χ1n) is 6.46. The van der Waals surface area contributed by atoms with Gasteiger partial charge in [-0.3, -0.25) is 0 Å². The predicted molar refractivity (Wildman–Crippen MR) is 81.7 cm³/mol. The number of aryl methyl sites for hydroxylation is 2. The fraction of sp³-hybridized carbons (Fsp3) is 0.235. The summed E-state index contributed by atoms with van der Waals surface area (Å²) in [6.07, 6.45) is 0. The van der Waals surface area contributed by atoms with E-state index in [4.69, 9.17) is 4.74 Å². The van der Waals surface area contributed by atoms with Gasteiger partial charge in [0, 0.05) is 18.8 Å². The van der Waals surface area contributed by atoms with Crippen LogP contribution in [0.4, 0.5) is 11.4 Å². The minimum Gasteiger partial charge on any atom is -0.497 e. The summed E-state index contributed by atoms with van der Waals surface area (Å²) >= 11 is 0. The van der Waals surface area contributed by atoms with E-state index in [2.05, 4.69) is 38.1 Å². The molecule has 0 amide bonds. The van der Waals surface area contributed by atoms with Gasteiger partial charge in [-0.15, -0.1) is 0 Å². The van der Waals surface area contributed by atoms with Gasteiger partial charge in [0.25, 0.3) is 0 Å². The first kappa shape index (κ1) is 14.0. The Morgan fingerprint density at radius 2 is 1.80 bits per heavy atom. The average molecular weight is 266 g/mol. The van der Waals surface area contributed by atoms with Crippen molar-refractivity contribution in [2.45, 2.75) is 13.8 Å². The van der Waals surface area contributed by atoms with Crippen LogP contribution < -0.4 is 9.64 Å². The first-order valence-corrected chi connectivity index (χ1v) is 6.46. The zero-order valence-electron chi connectivity index (χ0n) is 12.3. The van der Waals surface area contributed by atoms with Crippen LogP contribution in [0.15, 0.2) is 36.4 Å². The lowest BCUT2D eigenvalue weighted by atomic mass is 10.1. The van der Waals surface area contributed by atoms with Gasteiger partial charge in [0.05, 0.1) is 18.4 Å². The molecule has 2 rings (SSSR count). The Morgan fingerprint density at radius 3 is 2.40 bits per heavy atom. The van der Waals surface area contributed by atoms with E-state index in [9.17, 15) is 5.26 Å². The molecule has 0 aliphatic heterocycles. The van der Waals surface area contributed by atoms with Crippen molar-refractivity contribution in [2.24, 2.45) is 0 Å². The minimum absolute atomic E-state index is 0.633. The van der Waals surface area contributed by atoms with E-state index >= 15 is 0 Å². The quantitative estimate of drug-likeness (QED) is 0.844. The normalized spacial score (nSPS) is 9.95. The number of methoxy groups -OCH3 is 1. The van der Waals surface area contributed by atoms with E-state index in [0.29, 0.717) is 5.56 Å². The summed E-state index contributed by atoms with van der Waals surface area (Å²) in [6.45, 7) is 4.15. The van der Waals surface area contributed by atoms with Crippen molar-refractivity contribution in [1.29, 1.82) is 5.26 Å². The van der Waals surface area contributed by atoms with Crippen molar-refractivity contribution in [3.8, 4) is 11.8 Å². The molecule has 0 spiro atoms. The van der Waals surface area contributed by atoms with E-state index in [1.165, 1.54) is 11.1 Å². The number of hydrogen-bond acceptors (Lipinski definition) is 3. The Balaban J connectivity index is 2.52. The van der Waals surface area contributed by atoms with Crippen molar-refractivity contribution in [3.05, 3.63) is 53.1 Å². The van der Waals surface area contributed by atoms with Gasteiger partial charge >= 0.3 is 0 Å². The number of nitrogens with zero attached hydrogens (tertiary/aromatic N) is 2. The number of ether oxygens (including phenoxy) is 1. The lowest BCUT2D eigenvalue weighted by Gasteiger charge is -2.23. The SMILES string of the molecule is COc1ccc(C#N)c(N(C)c2ccc(C)cc2C)c1. The van der Waals surface area contributed by atoms with Gasteiger partial charge < -0.3 is 9.64 Å². The summed E-state index contributed by atoms with van der Waals surface area (Å²) in [5.74, 6) is 0.746. The van der Waals surface area contributed by atoms with Crippen LogP contribution in [0.1, 0.15) is 16.7 Å². The number of benzene rings is 2. The first-order chi connectivity index (χ1) is 9.56. The maximum absolute atomic E-state index is 9.27. The second kappa shape index (κ2) is 5.66. The van der Waals surface area contributed by atoms with Gasteiger partial charge in [-0.25, -0.2) is 0 Å². The Hall–Kier alpha value is -2.47. The molecule has 0 radical (unpaired) electrons. The highest BCUT2D eigenvalue weighted by atomic mass is 16.5. The van der Waals surface area contributed by atoms with Gasteiger partial charge in [0.1, 0.15) is 11.8 Å². The lowest BCUT2D eigenvalue weighted by Crippen LogP contribution is -2.12. The molecular formula is C17H18N2O. The predicted octanol–water partition coefficient (Wildman–Crippen LogP) is 3.95. The highest BCUT2D eigenvalue weighted by molar-refractivity contribution is 5.72. The van der Waals surface area contributed by atoms with Gasteiger partial charge in [-0.1, -0.05) is 17.7 Å². The summed E-state index contributed by atoms with van der Waals surface area (Å²) in [4.78, 5) is 2.02. The molecule has 102 valence electrons. The van der Waals surface area contributed by atoms with Crippen molar-refractivity contribution in [2.75, 3.05) is 19.1 Å². The van der Waals surface area contributed by atoms with Crippen LogP contribution in [0.25, 0.3) is 0 Å². The van der Waals surface area contributed by atoms with Crippen molar-refractivity contribution >= 4 is 11.4 Å². The molecule has 0 aliphatic carbocycles. The topological polar surface area (TPSA) is 36.3 Å². The molecule has 0 heterocycles. The van der Waals surface area contributed by atoms with E-state index in [-0.39, 0.29) is 0 Å². The molecule has 0 aliphatic rings. The van der Waals surface area contributed by atoms with Crippen LogP contribution in [0.3, 0.4) is 0 Å². The van der Waals surface area contributed by atoms with Crippen LogP contribution in [0.5, 0.6) is 5.75 Å². The van der Waals surface area contributed by atoms with Crippen molar-refractivity contribution in [3.63, 3.8) is 0 Å². The maximum Gasteiger partial charge on any atom is 0.121 e. The Kier molecular flexibility index (Phi) is 3.95. The molecule has 0 unspecified atom stereocenters. The zero-order valence-corrected chi connectivity index (χ0v) is 12.3. The van der Waals surface area contributed by atoms with Gasteiger partial charge in [-0.2, -0.15) is 5.26 Å². The molecule has 3 heteroatoms. The van der Waals surface area contributed by atoms with Gasteiger partial charge in [0.2, 0.25) is 0 Å². The second-order valence-corrected chi connectivity index (χ2v) is 4.84. The molecule has 0 bridgehead atoms. The van der Waals surface area contributed by atoms with E-state index in [0.717, 1.165) is 17.1 Å². The second-order valence-electron chi connectivity index (χ2n) is 4.84. The molecule has 2 aromatic carbocycles. The van der Waals surface area contributed by atoms with Crippen LogP contribution in [-0.2, 0) is 0 Å². The molecular weight excluding hydrogens is 248 g/mol. The smallest absolute Gasteiger partial charge is 0.121 e. The number of anilines is 2. The minimum atomic E-state index is 0.633. The van der Waals surface area contributed by atoms with Crippen LogP contribution >= 0.6 is 0 Å². The third kappa shape index (κ3) is 2.60. The number of hydrogen-bond donors (Lipinski definition) is 0. The summed E-state index contributed by atoms with van der Waals surface area (Å²) in [5.41, 5.74) is 4.97. The van der Waals surface area contributed by atoms with E-state index < -0.39 is 0 Å². The summed E-state index contributed by atoms with van der Waals surface area (Å²) in [6, 6.07) is 14.0. The number of nitriles is 1. The highest BCUT2D eigenvalue weighted by Gasteiger charge is 2.12. The van der Waals surface area contributed by atoms with Crippen LogP contribution in [0, 0.1) is 25.2 Å². The average Bonchev–Trinajstić information content (AvgIpc) is 2.46. The Labute approximate surface area is 120 Å². The molecule has 0 saturated heterocycles. The van der Waals surface area contributed by atoms with Gasteiger partial charge in [-0.05, 0) is 37.6 Å². The molecule has 0 saturated carbocycles. The molecule has 0 fully saturated rings. The molecule has 0 atom stereocenters. The molecule has 3 nitrogen and oxygen atoms in total. The van der Waals surface area contributed by atoms with Crippen molar-refractivity contribution in [1.82, 2.24) is 0 Å². The molecule has 0 aromatic heterocycles. The zero-order chi connectivity index (χ0) is 14.7. The third-order valence-corrected chi connectivity index (χ3v) is 3.40. The largest absolute Gasteiger partial charge is 0.497 e. The summed E-state index contributed by atoms with van der Waals surface area (Å²) in [5, 5.41) is 9.27. The maximum atomic E-state index is 9.27. The summed E-state index contributed by atoms with van der Waals surface area (Å²) < 4.78 is 5.25. The van der Waals surface area contributed by atoms with E-state index in [1.54, 1.807) is 19.2 Å². The number of rotatable bonds is 3. The summed E-state index contributed by atoms with van der Waals surface area (Å²) in [7, 11) is 3.59. The van der Waals surface area contributed by atoms with E-state index in [1.807, 2.05) is 18.0 Å². The van der Waals surface area contributed by atoms with Gasteiger partial charge in [0.15, 0.2) is 0 Å². The molecule has 20 heavy (non-hydrogen) atoms. The van der Waals surface area contributed by atoms with Crippen LogP contribution in [0.2, 0.25) is 0 Å². The van der Waals surface area contributed by atoms with Crippen LogP contribution in [-0.4, -0.2) is 14.2 Å². The Morgan fingerprint density at radius 1 is 1.05 bits per heavy atom. The highest BCUT2D eigenvalue weighted by Crippen LogP contribution is 2.32. The lowest BCUT2D eigenvalue weighted by molar-refractivity contribution is 0.415. The fourth-order valence-electron chi connectivity index (χ4n) is 2.32. The monoisotopic (exact) mass is 266 g/mol. The third-order valence-electron chi connectivity index (χ3n) is 3.40.